The highest BCUT2D eigenvalue weighted by Crippen LogP contribution is 2.42. The molecule has 0 radical (unpaired) electrons. The lowest BCUT2D eigenvalue weighted by atomic mass is 9.93. The number of Topliss-reactive ketones (excluding diaryl/α,β-unsaturated/α-hetero) is 1. The number of likely N-dealkylation sites (tertiary alicyclic amines) is 1. The third-order valence-corrected chi connectivity index (χ3v) is 7.92. The van der Waals surface area contributed by atoms with Crippen LogP contribution in [0.2, 0.25) is 10.0 Å². The first-order valence-corrected chi connectivity index (χ1v) is 14.3. The van der Waals surface area contributed by atoms with Gasteiger partial charge in [-0.1, -0.05) is 59.1 Å². The van der Waals surface area contributed by atoms with Crippen molar-refractivity contribution in [1.29, 1.82) is 0 Å². The summed E-state index contributed by atoms with van der Waals surface area (Å²) in [5, 5.41) is 9.15. The Hall–Kier alpha value is -3.87. The standard InChI is InChI=1S/C33H31Cl2N3O3/c1-20-3-4-24-14-25(6-5-23(24)13-20)31-17-27(26-15-28(34)18-29(35)16-26)19-38(31)33(41)37-30-9-7-22(8-10-30)32(40)36-12-11-21(2)39/h3-10,13-16,18,27,31H,11-12,17,19H2,1-2H3,(H,36,40)(H,37,41)/t27-,31-/m1/s1. The highest BCUT2D eigenvalue weighted by molar-refractivity contribution is 6.34. The van der Waals surface area contributed by atoms with Gasteiger partial charge in [0.2, 0.25) is 0 Å². The van der Waals surface area contributed by atoms with E-state index in [2.05, 4.69) is 54.0 Å². The van der Waals surface area contributed by atoms with Crippen LogP contribution in [0.25, 0.3) is 10.8 Å². The number of hydrogen-bond acceptors (Lipinski definition) is 3. The molecular formula is C33H31Cl2N3O3. The van der Waals surface area contributed by atoms with Crippen LogP contribution < -0.4 is 10.6 Å². The summed E-state index contributed by atoms with van der Waals surface area (Å²) in [7, 11) is 0. The van der Waals surface area contributed by atoms with Crippen LogP contribution in [-0.2, 0) is 4.79 Å². The molecule has 5 rings (SSSR count). The lowest BCUT2D eigenvalue weighted by Crippen LogP contribution is -2.35. The van der Waals surface area contributed by atoms with E-state index in [1.807, 2.05) is 17.0 Å². The number of carbonyl (C=O) groups excluding carboxylic acids is 3. The van der Waals surface area contributed by atoms with Crippen LogP contribution in [0.15, 0.2) is 78.9 Å². The normalized spacial score (nSPS) is 16.5. The summed E-state index contributed by atoms with van der Waals surface area (Å²) in [6.45, 7) is 4.35. The smallest absolute Gasteiger partial charge is 0.322 e. The van der Waals surface area contributed by atoms with Crippen LogP contribution in [0.1, 0.15) is 58.8 Å². The Bertz CT molecular complexity index is 1600. The second-order valence-electron chi connectivity index (χ2n) is 10.6. The number of hydrogen-bond donors (Lipinski definition) is 2. The number of carbonyl (C=O) groups is 3. The van der Waals surface area contributed by atoms with E-state index in [1.165, 1.54) is 12.5 Å². The Morgan fingerprint density at radius 2 is 1.54 bits per heavy atom. The minimum Gasteiger partial charge on any atom is -0.352 e. The molecule has 2 atom stereocenters. The van der Waals surface area contributed by atoms with Crippen LogP contribution in [0.4, 0.5) is 10.5 Å². The number of fused-ring (bicyclic) bond motifs is 1. The first-order valence-electron chi connectivity index (χ1n) is 13.6. The molecule has 1 aliphatic heterocycles. The SMILES string of the molecule is CC(=O)CCNC(=O)c1ccc(NC(=O)N2C[C@H](c3cc(Cl)cc(Cl)c3)C[C@@H]2c2ccc3cc(C)ccc3c2)cc1. The summed E-state index contributed by atoms with van der Waals surface area (Å²) in [5.41, 5.74) is 4.29. The zero-order valence-corrected chi connectivity index (χ0v) is 24.4. The topological polar surface area (TPSA) is 78.5 Å². The van der Waals surface area contributed by atoms with Gasteiger partial charge >= 0.3 is 6.03 Å². The molecule has 1 heterocycles. The van der Waals surface area contributed by atoms with Gasteiger partial charge in [-0.05, 0) is 90.7 Å². The van der Waals surface area contributed by atoms with Crippen LogP contribution in [0, 0.1) is 6.92 Å². The van der Waals surface area contributed by atoms with Crippen molar-refractivity contribution in [2.45, 2.75) is 38.6 Å². The fourth-order valence-corrected chi connectivity index (χ4v) is 5.92. The maximum Gasteiger partial charge on any atom is 0.322 e. The number of ketones is 1. The maximum atomic E-state index is 13.7. The van der Waals surface area contributed by atoms with Crippen LogP contribution in [0.5, 0.6) is 0 Å². The molecule has 41 heavy (non-hydrogen) atoms. The highest BCUT2D eigenvalue weighted by Gasteiger charge is 2.37. The second kappa shape index (κ2) is 12.3. The van der Waals surface area contributed by atoms with E-state index >= 15 is 0 Å². The first-order chi connectivity index (χ1) is 19.7. The van der Waals surface area contributed by atoms with E-state index in [0.717, 1.165) is 28.3 Å². The van der Waals surface area contributed by atoms with Gasteiger partial charge in [-0.2, -0.15) is 0 Å². The Kier molecular flexibility index (Phi) is 8.62. The molecule has 3 amide bonds. The Balaban J connectivity index is 1.37. The number of amides is 3. The number of rotatable bonds is 7. The van der Waals surface area contributed by atoms with E-state index in [1.54, 1.807) is 30.3 Å². The summed E-state index contributed by atoms with van der Waals surface area (Å²) < 4.78 is 0. The van der Waals surface area contributed by atoms with Crippen LogP contribution in [-0.4, -0.2) is 35.7 Å². The predicted molar refractivity (Wildman–Crippen MR) is 165 cm³/mol. The van der Waals surface area contributed by atoms with Crippen molar-refractivity contribution < 1.29 is 14.4 Å². The number of anilines is 1. The van der Waals surface area contributed by atoms with Crippen molar-refractivity contribution in [1.82, 2.24) is 10.2 Å². The van der Waals surface area contributed by atoms with Crippen molar-refractivity contribution >= 4 is 57.4 Å². The van der Waals surface area contributed by atoms with Crippen molar-refractivity contribution in [2.24, 2.45) is 0 Å². The molecule has 1 aliphatic rings. The van der Waals surface area contributed by atoms with E-state index in [-0.39, 0.29) is 42.6 Å². The zero-order chi connectivity index (χ0) is 29.1. The van der Waals surface area contributed by atoms with Crippen LogP contribution >= 0.6 is 23.2 Å². The minimum atomic E-state index is -0.266. The van der Waals surface area contributed by atoms with E-state index < -0.39 is 0 Å². The molecule has 4 aromatic rings. The Morgan fingerprint density at radius 1 is 0.854 bits per heavy atom. The molecule has 0 aromatic heterocycles. The van der Waals surface area contributed by atoms with Gasteiger partial charge in [-0.25, -0.2) is 4.79 Å². The Morgan fingerprint density at radius 3 is 2.24 bits per heavy atom. The molecule has 210 valence electrons. The Labute approximate surface area is 249 Å². The van der Waals surface area contributed by atoms with Gasteiger partial charge in [-0.15, -0.1) is 0 Å². The number of urea groups is 1. The largest absolute Gasteiger partial charge is 0.352 e. The molecule has 0 bridgehead atoms. The van der Waals surface area contributed by atoms with E-state index in [4.69, 9.17) is 23.2 Å². The summed E-state index contributed by atoms with van der Waals surface area (Å²) >= 11 is 12.6. The van der Waals surface area contributed by atoms with Gasteiger partial charge in [0, 0.05) is 46.7 Å². The number of benzene rings is 4. The minimum absolute atomic E-state index is 0.0167. The van der Waals surface area contributed by atoms with Crippen molar-refractivity contribution in [3.05, 3.63) is 111 Å². The number of halogens is 2. The summed E-state index contributed by atoms with van der Waals surface area (Å²) in [5.74, 6) is -0.196. The van der Waals surface area contributed by atoms with Gasteiger partial charge in [0.05, 0.1) is 6.04 Å². The molecule has 2 N–H and O–H groups in total. The zero-order valence-electron chi connectivity index (χ0n) is 22.9. The molecule has 0 aliphatic carbocycles. The lowest BCUT2D eigenvalue weighted by Gasteiger charge is -2.25. The van der Waals surface area contributed by atoms with Gasteiger partial charge < -0.3 is 15.5 Å². The average Bonchev–Trinajstić information content (AvgIpc) is 3.38. The lowest BCUT2D eigenvalue weighted by molar-refractivity contribution is -0.116. The molecule has 6 nitrogen and oxygen atoms in total. The van der Waals surface area contributed by atoms with Gasteiger partial charge in [-0.3, -0.25) is 9.59 Å². The number of nitrogens with zero attached hydrogens (tertiary/aromatic N) is 1. The molecule has 0 saturated carbocycles. The van der Waals surface area contributed by atoms with Crippen molar-refractivity contribution in [3.63, 3.8) is 0 Å². The molecule has 8 heteroatoms. The molecular weight excluding hydrogens is 557 g/mol. The molecule has 1 saturated heterocycles. The summed E-state index contributed by atoms with van der Waals surface area (Å²) in [4.78, 5) is 39.0. The fraction of sp³-hybridized carbons (Fsp3) is 0.242. The molecule has 1 fully saturated rings. The summed E-state index contributed by atoms with van der Waals surface area (Å²) in [6.07, 6.45) is 1.01. The van der Waals surface area contributed by atoms with Gasteiger partial charge in [0.15, 0.2) is 0 Å². The number of aryl methyl sites for hydroxylation is 1. The quantitative estimate of drug-likeness (QED) is 0.230. The van der Waals surface area contributed by atoms with E-state index in [9.17, 15) is 14.4 Å². The van der Waals surface area contributed by atoms with Crippen molar-refractivity contribution in [3.8, 4) is 0 Å². The third kappa shape index (κ3) is 6.89. The molecule has 0 spiro atoms. The molecule has 4 aromatic carbocycles. The fourth-order valence-electron chi connectivity index (χ4n) is 5.37. The van der Waals surface area contributed by atoms with Gasteiger partial charge in [0.25, 0.3) is 5.91 Å². The van der Waals surface area contributed by atoms with Crippen LogP contribution in [0.3, 0.4) is 0 Å². The van der Waals surface area contributed by atoms with E-state index in [0.29, 0.717) is 27.8 Å². The monoisotopic (exact) mass is 587 g/mol. The first kappa shape index (κ1) is 28.7. The maximum absolute atomic E-state index is 13.7. The number of nitrogens with one attached hydrogen (secondary N) is 2. The highest BCUT2D eigenvalue weighted by atomic mass is 35.5. The van der Waals surface area contributed by atoms with Gasteiger partial charge in [0.1, 0.15) is 5.78 Å². The molecule has 0 unspecified atom stereocenters. The van der Waals surface area contributed by atoms with Crippen molar-refractivity contribution in [2.75, 3.05) is 18.4 Å². The summed E-state index contributed by atoms with van der Waals surface area (Å²) in [6, 6.07) is 24.6. The average molecular weight is 589 g/mol. The second-order valence-corrected chi connectivity index (χ2v) is 11.5. The predicted octanol–water partition coefficient (Wildman–Crippen LogP) is 7.93. The third-order valence-electron chi connectivity index (χ3n) is 7.48.